The van der Waals surface area contributed by atoms with Gasteiger partial charge in [0.2, 0.25) is 0 Å². The number of benzene rings is 3. The van der Waals surface area contributed by atoms with Crippen LogP contribution in [0.4, 0.5) is 5.82 Å². The standard InChI is InChI=1S/C30H30N4O3/c1-20(21-8-6-5-7-9-21)33-29-26-17-27(34(2)30(26)32-19-31-29)22-10-13-24(14-11-22)37-18-23-12-15-25(35-3)16-28(23)36-4/h5-17,19-20H,18H2,1-4H3,(H,31,32,33)/t20-/m1/s1. The van der Waals surface area contributed by atoms with Crippen LogP contribution in [0.1, 0.15) is 24.1 Å². The number of nitrogens with one attached hydrogen (secondary N) is 1. The van der Waals surface area contributed by atoms with Gasteiger partial charge in [0.1, 0.15) is 41.6 Å². The number of ether oxygens (including phenoxy) is 3. The average Bonchev–Trinajstić information content (AvgIpc) is 3.29. The van der Waals surface area contributed by atoms with Gasteiger partial charge in [0, 0.05) is 24.7 Å². The minimum Gasteiger partial charge on any atom is -0.497 e. The highest BCUT2D eigenvalue weighted by atomic mass is 16.5. The van der Waals surface area contributed by atoms with Gasteiger partial charge in [0.25, 0.3) is 0 Å². The third-order valence-electron chi connectivity index (χ3n) is 6.51. The van der Waals surface area contributed by atoms with Gasteiger partial charge in [-0.2, -0.15) is 0 Å². The molecule has 0 unspecified atom stereocenters. The first kappa shape index (κ1) is 24.2. The number of aromatic nitrogens is 3. The highest BCUT2D eigenvalue weighted by Gasteiger charge is 2.15. The van der Waals surface area contributed by atoms with E-state index in [9.17, 15) is 0 Å². The Hall–Kier alpha value is -4.52. The lowest BCUT2D eigenvalue weighted by atomic mass is 10.1. The Morgan fingerprint density at radius 3 is 2.35 bits per heavy atom. The van der Waals surface area contributed by atoms with Gasteiger partial charge in [0.05, 0.1) is 25.3 Å². The maximum absolute atomic E-state index is 6.03. The van der Waals surface area contributed by atoms with Crippen LogP contribution >= 0.6 is 0 Å². The van der Waals surface area contributed by atoms with E-state index in [2.05, 4.69) is 57.1 Å². The monoisotopic (exact) mass is 494 g/mol. The lowest BCUT2D eigenvalue weighted by Crippen LogP contribution is -2.08. The molecule has 0 saturated carbocycles. The summed E-state index contributed by atoms with van der Waals surface area (Å²) in [6, 6.07) is 26.4. The molecule has 0 amide bonds. The predicted molar refractivity (Wildman–Crippen MR) is 146 cm³/mol. The molecule has 5 rings (SSSR count). The minimum absolute atomic E-state index is 0.115. The molecular weight excluding hydrogens is 464 g/mol. The summed E-state index contributed by atoms with van der Waals surface area (Å²) in [4.78, 5) is 9.08. The zero-order valence-electron chi connectivity index (χ0n) is 21.4. The summed E-state index contributed by atoms with van der Waals surface area (Å²) in [5, 5.41) is 4.53. The Balaban J connectivity index is 1.35. The van der Waals surface area contributed by atoms with E-state index in [1.165, 1.54) is 5.56 Å². The van der Waals surface area contributed by atoms with Crippen molar-refractivity contribution < 1.29 is 14.2 Å². The number of hydrogen-bond donors (Lipinski definition) is 1. The molecule has 0 aliphatic carbocycles. The van der Waals surface area contributed by atoms with Crippen molar-refractivity contribution in [1.29, 1.82) is 0 Å². The van der Waals surface area contributed by atoms with Crippen LogP contribution in [0.2, 0.25) is 0 Å². The summed E-state index contributed by atoms with van der Waals surface area (Å²) in [7, 11) is 5.30. The Labute approximate surface area is 216 Å². The molecular formula is C30H30N4O3. The molecule has 7 nitrogen and oxygen atoms in total. The first-order valence-electron chi connectivity index (χ1n) is 12.1. The normalized spacial score (nSPS) is 11.8. The van der Waals surface area contributed by atoms with Gasteiger partial charge in [-0.3, -0.25) is 0 Å². The van der Waals surface area contributed by atoms with Gasteiger partial charge in [-0.15, -0.1) is 0 Å². The van der Waals surface area contributed by atoms with Gasteiger partial charge >= 0.3 is 0 Å². The van der Waals surface area contributed by atoms with Crippen LogP contribution in [0.5, 0.6) is 17.2 Å². The average molecular weight is 495 g/mol. The summed E-state index contributed by atoms with van der Waals surface area (Å²) in [5.41, 5.74) is 5.14. The molecule has 7 heteroatoms. The zero-order valence-corrected chi connectivity index (χ0v) is 21.4. The van der Waals surface area contributed by atoms with Crippen molar-refractivity contribution >= 4 is 16.9 Å². The maximum Gasteiger partial charge on any atom is 0.145 e. The predicted octanol–water partition coefficient (Wildman–Crippen LogP) is 6.40. The van der Waals surface area contributed by atoms with Crippen molar-refractivity contribution in [1.82, 2.24) is 14.5 Å². The van der Waals surface area contributed by atoms with Crippen molar-refractivity contribution in [2.45, 2.75) is 19.6 Å². The molecule has 0 bridgehead atoms. The highest BCUT2D eigenvalue weighted by molar-refractivity contribution is 5.92. The van der Waals surface area contributed by atoms with E-state index >= 15 is 0 Å². The number of fused-ring (bicyclic) bond motifs is 1. The summed E-state index contributed by atoms with van der Waals surface area (Å²) in [6.45, 7) is 2.53. The first-order chi connectivity index (χ1) is 18.1. The fourth-order valence-electron chi connectivity index (χ4n) is 4.41. The molecule has 1 N–H and O–H groups in total. The molecule has 188 valence electrons. The lowest BCUT2D eigenvalue weighted by molar-refractivity contribution is 0.296. The largest absolute Gasteiger partial charge is 0.497 e. The number of hydrogen-bond acceptors (Lipinski definition) is 6. The summed E-state index contributed by atoms with van der Waals surface area (Å²) in [6.07, 6.45) is 1.61. The summed E-state index contributed by atoms with van der Waals surface area (Å²) in [5.74, 6) is 3.08. The number of nitrogens with zero attached hydrogens (tertiary/aromatic N) is 3. The maximum atomic E-state index is 6.03. The van der Waals surface area contributed by atoms with Crippen molar-refractivity contribution in [2.24, 2.45) is 7.05 Å². The third-order valence-corrected chi connectivity index (χ3v) is 6.51. The summed E-state index contributed by atoms with van der Waals surface area (Å²) >= 11 is 0. The van der Waals surface area contributed by atoms with Crippen LogP contribution in [0.25, 0.3) is 22.3 Å². The van der Waals surface area contributed by atoms with Crippen molar-refractivity contribution in [3.05, 3.63) is 96.3 Å². The van der Waals surface area contributed by atoms with E-state index < -0.39 is 0 Å². The SMILES string of the molecule is COc1ccc(COc2ccc(-c3cc4c(N[C@H](C)c5ccccc5)ncnc4n3C)cc2)c(OC)c1. The molecule has 0 aliphatic rings. The second kappa shape index (κ2) is 10.6. The van der Waals surface area contributed by atoms with E-state index in [-0.39, 0.29) is 6.04 Å². The molecule has 37 heavy (non-hydrogen) atoms. The zero-order chi connectivity index (χ0) is 25.8. The fourth-order valence-corrected chi connectivity index (χ4v) is 4.41. The third kappa shape index (κ3) is 5.07. The molecule has 3 aromatic carbocycles. The number of anilines is 1. The minimum atomic E-state index is 0.115. The van der Waals surface area contributed by atoms with E-state index in [0.717, 1.165) is 50.9 Å². The van der Waals surface area contributed by atoms with Crippen LogP contribution < -0.4 is 19.5 Å². The van der Waals surface area contributed by atoms with E-state index in [0.29, 0.717) is 6.61 Å². The van der Waals surface area contributed by atoms with E-state index in [1.807, 2.05) is 55.6 Å². The molecule has 0 radical (unpaired) electrons. The first-order valence-corrected chi connectivity index (χ1v) is 12.1. The Bertz CT molecular complexity index is 1500. The van der Waals surface area contributed by atoms with E-state index in [4.69, 9.17) is 14.2 Å². The van der Waals surface area contributed by atoms with Crippen molar-refractivity contribution in [3.8, 4) is 28.5 Å². The summed E-state index contributed by atoms with van der Waals surface area (Å²) < 4.78 is 18.9. The molecule has 0 aliphatic heterocycles. The molecule has 0 spiro atoms. The number of rotatable bonds is 9. The Kier molecular flexibility index (Phi) is 6.94. The van der Waals surface area contributed by atoms with Crippen LogP contribution in [-0.2, 0) is 13.7 Å². The van der Waals surface area contributed by atoms with Gasteiger partial charge in [0.15, 0.2) is 0 Å². The fraction of sp³-hybridized carbons (Fsp3) is 0.200. The Morgan fingerprint density at radius 2 is 1.62 bits per heavy atom. The molecule has 2 heterocycles. The van der Waals surface area contributed by atoms with Crippen LogP contribution in [0.3, 0.4) is 0 Å². The smallest absolute Gasteiger partial charge is 0.145 e. The van der Waals surface area contributed by atoms with Crippen LogP contribution in [0.15, 0.2) is 85.2 Å². The number of aryl methyl sites for hydroxylation is 1. The molecule has 0 saturated heterocycles. The van der Waals surface area contributed by atoms with Crippen molar-refractivity contribution in [3.63, 3.8) is 0 Å². The van der Waals surface area contributed by atoms with E-state index in [1.54, 1.807) is 20.5 Å². The van der Waals surface area contributed by atoms with Gasteiger partial charge in [-0.05, 0) is 60.5 Å². The van der Waals surface area contributed by atoms with Gasteiger partial charge in [-0.1, -0.05) is 30.3 Å². The topological polar surface area (TPSA) is 70.4 Å². The highest BCUT2D eigenvalue weighted by Crippen LogP contribution is 2.32. The molecule has 0 fully saturated rings. The second-order valence-electron chi connectivity index (χ2n) is 8.82. The van der Waals surface area contributed by atoms with Gasteiger partial charge < -0.3 is 24.1 Å². The molecule has 2 aromatic heterocycles. The van der Waals surface area contributed by atoms with Crippen molar-refractivity contribution in [2.75, 3.05) is 19.5 Å². The second-order valence-corrected chi connectivity index (χ2v) is 8.82. The Morgan fingerprint density at radius 1 is 0.865 bits per heavy atom. The number of methoxy groups -OCH3 is 2. The molecule has 5 aromatic rings. The lowest BCUT2D eigenvalue weighted by Gasteiger charge is -2.15. The quantitative estimate of drug-likeness (QED) is 0.256. The van der Waals surface area contributed by atoms with Crippen LogP contribution in [0, 0.1) is 0 Å². The molecule has 1 atom stereocenters. The van der Waals surface area contributed by atoms with Gasteiger partial charge in [-0.25, -0.2) is 9.97 Å². The van der Waals surface area contributed by atoms with Crippen LogP contribution in [-0.4, -0.2) is 28.8 Å².